The van der Waals surface area contributed by atoms with E-state index in [1.54, 1.807) is 7.11 Å². The first-order valence-electron chi connectivity index (χ1n) is 7.55. The minimum absolute atomic E-state index is 0.513. The number of hydrogen-bond donors (Lipinski definition) is 1. The number of ether oxygens (including phenoxy) is 2. The van der Waals surface area contributed by atoms with E-state index in [0.717, 1.165) is 38.9 Å². The molecule has 0 aliphatic heterocycles. The van der Waals surface area contributed by atoms with E-state index < -0.39 is 0 Å². The molecule has 5 heteroatoms. The van der Waals surface area contributed by atoms with E-state index >= 15 is 0 Å². The van der Waals surface area contributed by atoms with E-state index in [4.69, 9.17) is 21.1 Å². The van der Waals surface area contributed by atoms with Crippen molar-refractivity contribution in [3.8, 4) is 11.5 Å². The van der Waals surface area contributed by atoms with Crippen LogP contribution in [0.15, 0.2) is 54.9 Å². The van der Waals surface area contributed by atoms with E-state index in [1.165, 1.54) is 0 Å². The number of benzene rings is 2. The molecule has 0 saturated carbocycles. The highest BCUT2D eigenvalue weighted by Gasteiger charge is 2.10. The second kappa shape index (κ2) is 6.15. The number of methoxy groups -OCH3 is 1. The van der Waals surface area contributed by atoms with Gasteiger partial charge in [-0.25, -0.2) is 0 Å². The van der Waals surface area contributed by atoms with Crippen LogP contribution < -0.4 is 4.74 Å². The van der Waals surface area contributed by atoms with Crippen LogP contribution in [-0.2, 0) is 11.3 Å². The van der Waals surface area contributed by atoms with Gasteiger partial charge in [-0.2, -0.15) is 0 Å². The lowest BCUT2D eigenvalue weighted by Gasteiger charge is -2.06. The van der Waals surface area contributed by atoms with Crippen molar-refractivity contribution in [3.63, 3.8) is 0 Å². The number of fused-ring (bicyclic) bond motifs is 3. The van der Waals surface area contributed by atoms with Crippen molar-refractivity contribution < 1.29 is 9.47 Å². The molecule has 2 heterocycles. The molecule has 24 heavy (non-hydrogen) atoms. The molecule has 0 saturated heterocycles. The molecule has 0 radical (unpaired) electrons. The summed E-state index contributed by atoms with van der Waals surface area (Å²) in [6, 6.07) is 13.3. The highest BCUT2D eigenvalue weighted by Crippen LogP contribution is 2.32. The summed E-state index contributed by atoms with van der Waals surface area (Å²) in [4.78, 5) is 7.65. The molecule has 120 valence electrons. The number of halogens is 1. The van der Waals surface area contributed by atoms with Gasteiger partial charge < -0.3 is 14.5 Å². The standard InChI is InChI=1S/C19H15ClN2O2/c1-23-11-12-9-21-10-18-19(12)16-8-15(6-7-17(16)22-18)24-14-4-2-13(20)3-5-14/h2-10,22H,11H2,1H3. The molecule has 0 aliphatic carbocycles. The molecule has 1 N–H and O–H groups in total. The minimum atomic E-state index is 0.513. The fourth-order valence-corrected chi connectivity index (χ4v) is 2.99. The maximum absolute atomic E-state index is 5.94. The lowest BCUT2D eigenvalue weighted by Crippen LogP contribution is -1.90. The first-order valence-corrected chi connectivity index (χ1v) is 7.93. The maximum atomic E-state index is 5.94. The van der Waals surface area contributed by atoms with Crippen LogP contribution in [0.1, 0.15) is 5.56 Å². The fraction of sp³-hybridized carbons (Fsp3) is 0.105. The minimum Gasteiger partial charge on any atom is -0.457 e. The van der Waals surface area contributed by atoms with Crippen molar-refractivity contribution in [2.45, 2.75) is 6.61 Å². The summed E-state index contributed by atoms with van der Waals surface area (Å²) in [6.45, 7) is 0.513. The van der Waals surface area contributed by atoms with Crippen LogP contribution in [0.4, 0.5) is 0 Å². The van der Waals surface area contributed by atoms with Crippen LogP contribution in [-0.4, -0.2) is 17.1 Å². The molecular weight excluding hydrogens is 324 g/mol. The van der Waals surface area contributed by atoms with Gasteiger partial charge >= 0.3 is 0 Å². The molecule has 2 aromatic heterocycles. The number of hydrogen-bond acceptors (Lipinski definition) is 3. The Morgan fingerprint density at radius 1 is 1.00 bits per heavy atom. The largest absolute Gasteiger partial charge is 0.457 e. The first kappa shape index (κ1) is 15.0. The summed E-state index contributed by atoms with van der Waals surface area (Å²) < 4.78 is 11.2. The van der Waals surface area contributed by atoms with Gasteiger partial charge in [-0.05, 0) is 42.5 Å². The summed E-state index contributed by atoms with van der Waals surface area (Å²) in [5.74, 6) is 1.52. The topological polar surface area (TPSA) is 47.1 Å². The summed E-state index contributed by atoms with van der Waals surface area (Å²) in [5, 5.41) is 2.89. The van der Waals surface area contributed by atoms with Gasteiger partial charge in [-0.3, -0.25) is 4.98 Å². The van der Waals surface area contributed by atoms with Crippen LogP contribution in [0.25, 0.3) is 21.8 Å². The fourth-order valence-electron chi connectivity index (χ4n) is 2.87. The number of nitrogens with one attached hydrogen (secondary N) is 1. The van der Waals surface area contributed by atoms with Crippen molar-refractivity contribution in [1.82, 2.24) is 9.97 Å². The molecule has 0 fully saturated rings. The van der Waals surface area contributed by atoms with Crippen molar-refractivity contribution in [2.75, 3.05) is 7.11 Å². The summed E-state index contributed by atoms with van der Waals surface area (Å²) >= 11 is 5.91. The maximum Gasteiger partial charge on any atom is 0.128 e. The molecule has 0 spiro atoms. The van der Waals surface area contributed by atoms with Gasteiger partial charge in [0.2, 0.25) is 0 Å². The Morgan fingerprint density at radius 2 is 1.79 bits per heavy atom. The molecule has 0 unspecified atom stereocenters. The second-order valence-corrected chi connectivity index (χ2v) is 5.98. The predicted molar refractivity (Wildman–Crippen MR) is 95.8 cm³/mol. The van der Waals surface area contributed by atoms with E-state index in [1.807, 2.05) is 54.9 Å². The van der Waals surface area contributed by atoms with Gasteiger partial charge in [0.25, 0.3) is 0 Å². The van der Waals surface area contributed by atoms with Gasteiger partial charge in [0.15, 0.2) is 0 Å². The zero-order chi connectivity index (χ0) is 16.5. The van der Waals surface area contributed by atoms with Crippen LogP contribution in [0.5, 0.6) is 11.5 Å². The molecule has 0 bridgehead atoms. The Hall–Kier alpha value is -2.56. The van der Waals surface area contributed by atoms with Gasteiger partial charge in [0, 0.05) is 40.2 Å². The molecule has 4 nitrogen and oxygen atoms in total. The normalized spacial score (nSPS) is 11.2. The van der Waals surface area contributed by atoms with E-state index in [2.05, 4.69) is 9.97 Å². The second-order valence-electron chi connectivity index (χ2n) is 5.54. The van der Waals surface area contributed by atoms with Crippen molar-refractivity contribution in [2.24, 2.45) is 0 Å². The zero-order valence-corrected chi connectivity index (χ0v) is 13.8. The van der Waals surface area contributed by atoms with Crippen molar-refractivity contribution >= 4 is 33.4 Å². The first-order chi connectivity index (χ1) is 11.7. The van der Waals surface area contributed by atoms with Crippen LogP contribution in [0, 0.1) is 0 Å². The summed E-state index contributed by atoms with van der Waals surface area (Å²) in [7, 11) is 1.68. The Labute approximate surface area is 144 Å². The molecule has 0 aliphatic rings. The number of pyridine rings is 1. The number of nitrogens with zero attached hydrogens (tertiary/aromatic N) is 1. The highest BCUT2D eigenvalue weighted by molar-refractivity contribution is 6.30. The molecule has 4 aromatic rings. The van der Waals surface area contributed by atoms with Crippen LogP contribution in [0.2, 0.25) is 5.02 Å². The van der Waals surface area contributed by atoms with Crippen LogP contribution in [0.3, 0.4) is 0 Å². The highest BCUT2D eigenvalue weighted by atomic mass is 35.5. The average molecular weight is 339 g/mol. The number of aromatic amines is 1. The van der Waals surface area contributed by atoms with Crippen molar-refractivity contribution in [3.05, 3.63) is 65.4 Å². The smallest absolute Gasteiger partial charge is 0.128 e. The zero-order valence-electron chi connectivity index (χ0n) is 13.0. The Morgan fingerprint density at radius 3 is 2.58 bits per heavy atom. The van der Waals surface area contributed by atoms with Gasteiger partial charge in [-0.15, -0.1) is 0 Å². The van der Waals surface area contributed by atoms with Crippen LogP contribution >= 0.6 is 11.6 Å². The Balaban J connectivity index is 1.81. The lowest BCUT2D eigenvalue weighted by molar-refractivity contribution is 0.186. The predicted octanol–water partition coefficient (Wildman–Crippen LogP) is 5.31. The summed E-state index contributed by atoms with van der Waals surface area (Å²) in [5.41, 5.74) is 3.08. The lowest BCUT2D eigenvalue weighted by atomic mass is 10.1. The van der Waals surface area contributed by atoms with Gasteiger partial charge in [-0.1, -0.05) is 11.6 Å². The Bertz CT molecular complexity index is 1010. The SMILES string of the molecule is COCc1cncc2[nH]c3ccc(Oc4ccc(Cl)cc4)cc3c12. The number of aromatic nitrogens is 2. The van der Waals surface area contributed by atoms with E-state index in [0.29, 0.717) is 11.6 Å². The number of H-pyrrole nitrogens is 1. The quantitative estimate of drug-likeness (QED) is 0.548. The average Bonchev–Trinajstić information content (AvgIpc) is 2.96. The summed E-state index contributed by atoms with van der Waals surface area (Å²) in [6.07, 6.45) is 3.67. The third kappa shape index (κ3) is 2.70. The third-order valence-electron chi connectivity index (χ3n) is 3.90. The van der Waals surface area contributed by atoms with Crippen molar-refractivity contribution in [1.29, 1.82) is 0 Å². The molecule has 2 aromatic carbocycles. The van der Waals surface area contributed by atoms with E-state index in [9.17, 15) is 0 Å². The molecule has 4 rings (SSSR count). The number of rotatable bonds is 4. The monoisotopic (exact) mass is 338 g/mol. The molecule has 0 amide bonds. The van der Waals surface area contributed by atoms with Gasteiger partial charge in [0.1, 0.15) is 11.5 Å². The molecule has 0 atom stereocenters. The Kier molecular flexibility index (Phi) is 3.84. The molecular formula is C19H15ClN2O2. The third-order valence-corrected chi connectivity index (χ3v) is 4.16. The van der Waals surface area contributed by atoms with E-state index in [-0.39, 0.29) is 0 Å². The van der Waals surface area contributed by atoms with Gasteiger partial charge in [0.05, 0.1) is 18.3 Å².